The molecule has 1 aromatic heterocycles. The van der Waals surface area contributed by atoms with Crippen LogP contribution < -0.4 is 4.72 Å². The highest BCUT2D eigenvalue weighted by atomic mass is 32.2. The monoisotopic (exact) mass is 295 g/mol. The second-order valence-electron chi connectivity index (χ2n) is 4.37. The van der Waals surface area contributed by atoms with Crippen molar-refractivity contribution in [2.24, 2.45) is 0 Å². The van der Waals surface area contributed by atoms with E-state index in [1.54, 1.807) is 0 Å². The second-order valence-corrected chi connectivity index (χ2v) is 6.07. The van der Waals surface area contributed by atoms with Gasteiger partial charge in [-0.25, -0.2) is 13.1 Å². The molecule has 1 heterocycles. The van der Waals surface area contributed by atoms with Gasteiger partial charge in [-0.15, -0.1) is 0 Å². The third kappa shape index (κ3) is 3.66. The van der Waals surface area contributed by atoms with E-state index in [1.165, 1.54) is 11.8 Å². The van der Waals surface area contributed by atoms with E-state index in [9.17, 15) is 8.42 Å². The Morgan fingerprint density at radius 2 is 2.00 bits per heavy atom. The highest BCUT2D eigenvalue weighted by Crippen LogP contribution is 2.11. The maximum atomic E-state index is 12.0. The van der Waals surface area contributed by atoms with E-state index in [0.717, 1.165) is 6.42 Å². The summed E-state index contributed by atoms with van der Waals surface area (Å²) in [6.07, 6.45) is 2.81. The van der Waals surface area contributed by atoms with Gasteiger partial charge >= 0.3 is 0 Å². The highest BCUT2D eigenvalue weighted by molar-refractivity contribution is 7.89. The minimum atomic E-state index is -3.64. The largest absolute Gasteiger partial charge is 0.392 e. The Morgan fingerprint density at radius 1 is 1.25 bits per heavy atom. The summed E-state index contributed by atoms with van der Waals surface area (Å²) in [6.45, 7) is -0.0299. The average Bonchev–Trinajstić information content (AvgIpc) is 2.94. The predicted molar refractivity (Wildman–Crippen MR) is 74.5 cm³/mol. The van der Waals surface area contributed by atoms with Crippen LogP contribution in [0.15, 0.2) is 41.6 Å². The summed E-state index contributed by atoms with van der Waals surface area (Å²) in [4.78, 5) is 0. The summed E-state index contributed by atoms with van der Waals surface area (Å²) in [5, 5.41) is 15.0. The van der Waals surface area contributed by atoms with Gasteiger partial charge in [-0.2, -0.15) is 5.10 Å². The van der Waals surface area contributed by atoms with Crippen LogP contribution in [0.3, 0.4) is 0 Å². The molecule has 0 bridgehead atoms. The van der Waals surface area contributed by atoms with Crippen molar-refractivity contribution in [1.82, 2.24) is 14.9 Å². The lowest BCUT2D eigenvalue weighted by Gasteiger charge is -2.06. The lowest BCUT2D eigenvalue weighted by molar-refractivity contribution is 0.278. The zero-order valence-electron chi connectivity index (χ0n) is 10.9. The summed E-state index contributed by atoms with van der Waals surface area (Å²) in [6, 6.07) is 9.87. The van der Waals surface area contributed by atoms with E-state index >= 15 is 0 Å². The molecule has 7 heteroatoms. The molecular weight excluding hydrogens is 278 g/mol. The number of aliphatic hydroxyl groups excluding tert-OH is 1. The topological polar surface area (TPSA) is 95.1 Å². The van der Waals surface area contributed by atoms with Crippen LogP contribution in [0.5, 0.6) is 0 Å². The Kier molecular flexibility index (Phi) is 4.89. The van der Waals surface area contributed by atoms with Crippen molar-refractivity contribution in [2.45, 2.75) is 24.5 Å². The van der Waals surface area contributed by atoms with Crippen LogP contribution in [0.2, 0.25) is 0 Å². The Bertz CT molecular complexity index is 638. The Labute approximate surface area is 117 Å². The molecule has 0 aliphatic carbocycles. The van der Waals surface area contributed by atoms with Gasteiger partial charge in [0, 0.05) is 12.1 Å². The molecule has 0 saturated heterocycles. The molecule has 0 saturated carbocycles. The SMILES string of the molecule is O=S(=O)(NCCCc1ccccc1)c1[nH]ncc1CO. The first-order valence-electron chi connectivity index (χ1n) is 6.30. The number of nitrogens with one attached hydrogen (secondary N) is 2. The van der Waals surface area contributed by atoms with E-state index in [2.05, 4.69) is 14.9 Å². The standard InChI is InChI=1S/C13H17N3O3S/c17-10-12-9-14-16-13(12)20(18,19)15-8-4-7-11-5-2-1-3-6-11/h1-3,5-6,9,15,17H,4,7-8,10H2,(H,14,16). The molecule has 0 aliphatic rings. The van der Waals surface area contributed by atoms with Crippen LogP contribution in [0, 0.1) is 0 Å². The van der Waals surface area contributed by atoms with Crippen molar-refractivity contribution in [1.29, 1.82) is 0 Å². The van der Waals surface area contributed by atoms with Crippen LogP contribution in [-0.4, -0.2) is 30.3 Å². The first kappa shape index (κ1) is 14.7. The smallest absolute Gasteiger partial charge is 0.257 e. The molecule has 20 heavy (non-hydrogen) atoms. The number of hydrogen-bond acceptors (Lipinski definition) is 4. The van der Waals surface area contributed by atoms with E-state index < -0.39 is 10.0 Å². The summed E-state index contributed by atoms with van der Waals surface area (Å²) in [5.41, 5.74) is 1.44. The number of sulfonamides is 1. The molecule has 1 aromatic carbocycles. The van der Waals surface area contributed by atoms with Gasteiger partial charge in [-0.1, -0.05) is 30.3 Å². The molecule has 3 N–H and O–H groups in total. The third-order valence-corrected chi connectivity index (χ3v) is 4.37. The molecule has 0 radical (unpaired) electrons. The number of aliphatic hydroxyl groups is 1. The normalized spacial score (nSPS) is 11.7. The fraction of sp³-hybridized carbons (Fsp3) is 0.308. The molecule has 0 atom stereocenters. The van der Waals surface area contributed by atoms with Gasteiger partial charge in [0.05, 0.1) is 12.8 Å². The van der Waals surface area contributed by atoms with Crippen LogP contribution in [0.1, 0.15) is 17.5 Å². The van der Waals surface area contributed by atoms with E-state index in [4.69, 9.17) is 5.11 Å². The quantitative estimate of drug-likeness (QED) is 0.659. The Hall–Kier alpha value is -1.70. The summed E-state index contributed by atoms with van der Waals surface area (Å²) in [7, 11) is -3.64. The summed E-state index contributed by atoms with van der Waals surface area (Å²) >= 11 is 0. The predicted octanol–water partition coefficient (Wildman–Crippen LogP) is 0.813. The number of hydrogen-bond donors (Lipinski definition) is 3. The minimum Gasteiger partial charge on any atom is -0.392 e. The average molecular weight is 295 g/mol. The zero-order chi connectivity index (χ0) is 14.4. The fourth-order valence-electron chi connectivity index (χ4n) is 1.86. The number of H-pyrrole nitrogens is 1. The molecule has 6 nitrogen and oxygen atoms in total. The van der Waals surface area contributed by atoms with Crippen LogP contribution in [0.4, 0.5) is 0 Å². The van der Waals surface area contributed by atoms with Gasteiger partial charge in [-0.05, 0) is 18.4 Å². The number of benzene rings is 1. The van der Waals surface area contributed by atoms with Crippen molar-refractivity contribution < 1.29 is 13.5 Å². The first-order valence-corrected chi connectivity index (χ1v) is 7.78. The van der Waals surface area contributed by atoms with E-state index in [0.29, 0.717) is 13.0 Å². The molecule has 2 aromatic rings. The van der Waals surface area contributed by atoms with Gasteiger partial charge < -0.3 is 5.11 Å². The van der Waals surface area contributed by atoms with Crippen molar-refractivity contribution in [3.8, 4) is 0 Å². The molecule has 0 unspecified atom stereocenters. The lowest BCUT2D eigenvalue weighted by Crippen LogP contribution is -2.26. The Balaban J connectivity index is 1.87. The fourth-order valence-corrected chi connectivity index (χ4v) is 3.05. The van der Waals surface area contributed by atoms with Crippen LogP contribution >= 0.6 is 0 Å². The molecule has 108 valence electrons. The zero-order valence-corrected chi connectivity index (χ0v) is 11.7. The van der Waals surface area contributed by atoms with Crippen LogP contribution in [0.25, 0.3) is 0 Å². The first-order chi connectivity index (χ1) is 9.63. The number of aryl methyl sites for hydroxylation is 1. The van der Waals surface area contributed by atoms with Gasteiger partial charge in [0.2, 0.25) is 0 Å². The third-order valence-electron chi connectivity index (χ3n) is 2.89. The lowest BCUT2D eigenvalue weighted by atomic mass is 10.1. The van der Waals surface area contributed by atoms with Crippen molar-refractivity contribution in [3.63, 3.8) is 0 Å². The van der Waals surface area contributed by atoms with Gasteiger partial charge in [-0.3, -0.25) is 5.10 Å². The molecule has 0 aliphatic heterocycles. The van der Waals surface area contributed by atoms with Gasteiger partial charge in [0.15, 0.2) is 5.03 Å². The van der Waals surface area contributed by atoms with Crippen molar-refractivity contribution in [2.75, 3.05) is 6.54 Å². The maximum absolute atomic E-state index is 12.0. The summed E-state index contributed by atoms with van der Waals surface area (Å²) in [5.74, 6) is 0. The van der Waals surface area contributed by atoms with Crippen LogP contribution in [-0.2, 0) is 23.1 Å². The number of rotatable bonds is 7. The molecule has 0 spiro atoms. The Morgan fingerprint density at radius 3 is 2.70 bits per heavy atom. The number of aromatic amines is 1. The molecule has 0 fully saturated rings. The van der Waals surface area contributed by atoms with Gasteiger partial charge in [0.1, 0.15) is 0 Å². The number of nitrogens with zero attached hydrogens (tertiary/aromatic N) is 1. The second kappa shape index (κ2) is 6.65. The molecular formula is C13H17N3O3S. The summed E-state index contributed by atoms with van der Waals surface area (Å²) < 4.78 is 26.5. The van der Waals surface area contributed by atoms with Gasteiger partial charge in [0.25, 0.3) is 10.0 Å². The van der Waals surface area contributed by atoms with E-state index in [-0.39, 0.29) is 17.2 Å². The van der Waals surface area contributed by atoms with Crippen molar-refractivity contribution >= 4 is 10.0 Å². The molecule has 0 amide bonds. The van der Waals surface area contributed by atoms with E-state index in [1.807, 2.05) is 30.3 Å². The highest BCUT2D eigenvalue weighted by Gasteiger charge is 2.19. The van der Waals surface area contributed by atoms with Crippen molar-refractivity contribution in [3.05, 3.63) is 47.7 Å². The minimum absolute atomic E-state index is 0.0697. The maximum Gasteiger partial charge on any atom is 0.257 e. The molecule has 2 rings (SSSR count). The number of aromatic nitrogens is 2.